The Morgan fingerprint density at radius 1 is 1.03 bits per heavy atom. The maximum atomic E-state index is 13.2. The van der Waals surface area contributed by atoms with Gasteiger partial charge in [-0.2, -0.15) is 13.2 Å². The summed E-state index contributed by atoms with van der Waals surface area (Å²) in [6, 6.07) is 14.3. The summed E-state index contributed by atoms with van der Waals surface area (Å²) in [5.74, 6) is -0.719. The molecule has 0 radical (unpaired) electrons. The minimum absolute atomic E-state index is 0.0371. The van der Waals surface area contributed by atoms with E-state index < -0.39 is 17.6 Å². The van der Waals surface area contributed by atoms with E-state index in [1.807, 2.05) is 30.3 Å². The summed E-state index contributed by atoms with van der Waals surface area (Å²) in [6.07, 6.45) is 0.961. The number of rotatable bonds is 6. The first kappa shape index (κ1) is 23.4. The Bertz CT molecular complexity index is 1140. The molecule has 2 heterocycles. The Morgan fingerprint density at radius 3 is 2.50 bits per heavy atom. The number of piperazine rings is 1. The van der Waals surface area contributed by atoms with Crippen molar-refractivity contribution in [2.45, 2.75) is 31.6 Å². The number of carbonyl (C=O) groups is 2. The fraction of sp³-hybridized carbons (Fsp3) is 0.280. The molecule has 0 bridgehead atoms. The molecule has 1 fully saturated rings. The van der Waals surface area contributed by atoms with E-state index in [4.69, 9.17) is 0 Å². The van der Waals surface area contributed by atoms with Crippen molar-refractivity contribution in [1.29, 1.82) is 0 Å². The molecule has 176 valence electrons. The molecular formula is C25H23F3N4O2. The van der Waals surface area contributed by atoms with Crippen molar-refractivity contribution in [2.24, 2.45) is 0 Å². The highest BCUT2D eigenvalue weighted by Crippen LogP contribution is 2.30. The maximum absolute atomic E-state index is 13.2. The Balaban J connectivity index is 1.56. The van der Waals surface area contributed by atoms with E-state index in [0.29, 0.717) is 18.4 Å². The molecule has 0 saturated carbocycles. The third-order valence-corrected chi connectivity index (χ3v) is 5.80. The minimum Gasteiger partial charge on any atom is -0.332 e. The zero-order chi connectivity index (χ0) is 24.1. The highest BCUT2D eigenvalue weighted by Gasteiger charge is 2.36. The minimum atomic E-state index is -4.46. The Hall–Kier alpha value is -3.75. The predicted molar refractivity (Wildman–Crippen MR) is 118 cm³/mol. The number of alkyl halides is 3. The molecule has 9 heteroatoms. The lowest BCUT2D eigenvalue weighted by atomic mass is 10.00. The highest BCUT2D eigenvalue weighted by molar-refractivity contribution is 5.95. The van der Waals surface area contributed by atoms with E-state index in [1.165, 1.54) is 29.6 Å². The fourth-order valence-electron chi connectivity index (χ4n) is 4.09. The van der Waals surface area contributed by atoms with Gasteiger partial charge in [0.15, 0.2) is 0 Å². The molecule has 0 N–H and O–H groups in total. The zero-order valence-corrected chi connectivity index (χ0v) is 18.3. The van der Waals surface area contributed by atoms with Crippen LogP contribution in [-0.4, -0.2) is 50.7 Å². The largest absolute Gasteiger partial charge is 0.416 e. The van der Waals surface area contributed by atoms with Gasteiger partial charge in [0, 0.05) is 25.5 Å². The second-order valence-electron chi connectivity index (χ2n) is 8.17. The van der Waals surface area contributed by atoms with Crippen molar-refractivity contribution in [2.75, 3.05) is 13.1 Å². The number of carbonyl (C=O) groups excluding carboxylic acids is 2. The van der Waals surface area contributed by atoms with Gasteiger partial charge in [-0.25, -0.2) is 4.98 Å². The molecule has 0 aliphatic carbocycles. The van der Waals surface area contributed by atoms with Crippen LogP contribution >= 0.6 is 0 Å². The summed E-state index contributed by atoms with van der Waals surface area (Å²) in [4.78, 5) is 37.0. The van der Waals surface area contributed by atoms with E-state index in [-0.39, 0.29) is 37.3 Å². The molecule has 1 atom stereocenters. The quantitative estimate of drug-likeness (QED) is 0.549. The number of benzene rings is 2. The second kappa shape index (κ2) is 10.0. The van der Waals surface area contributed by atoms with E-state index in [1.54, 1.807) is 11.0 Å². The van der Waals surface area contributed by atoms with Gasteiger partial charge in [0.25, 0.3) is 5.91 Å². The maximum Gasteiger partial charge on any atom is 0.416 e. The SMILES string of the molecule is O=C(c1cnccn1)N1CC(=O)N(Cc2cccc(C(F)(F)F)c2)[C@@H](CCc2ccccc2)C1. The van der Waals surface area contributed by atoms with Crippen molar-refractivity contribution >= 4 is 11.8 Å². The Morgan fingerprint density at radius 2 is 1.79 bits per heavy atom. The molecule has 1 saturated heterocycles. The van der Waals surface area contributed by atoms with Crippen LogP contribution in [0.2, 0.25) is 0 Å². The molecule has 6 nitrogen and oxygen atoms in total. The Labute approximate surface area is 195 Å². The average molecular weight is 468 g/mol. The topological polar surface area (TPSA) is 66.4 Å². The van der Waals surface area contributed by atoms with Gasteiger partial charge in [0.05, 0.1) is 17.8 Å². The number of halogens is 3. The van der Waals surface area contributed by atoms with Crippen LogP contribution in [0.1, 0.15) is 33.6 Å². The van der Waals surface area contributed by atoms with Crippen LogP contribution in [0.5, 0.6) is 0 Å². The summed E-state index contributed by atoms with van der Waals surface area (Å²) in [5, 5.41) is 0. The van der Waals surface area contributed by atoms with Gasteiger partial charge in [-0.3, -0.25) is 14.6 Å². The summed E-state index contributed by atoms with van der Waals surface area (Å²) < 4.78 is 39.5. The van der Waals surface area contributed by atoms with Crippen molar-refractivity contribution in [3.63, 3.8) is 0 Å². The first-order chi connectivity index (χ1) is 16.3. The molecule has 3 aromatic rings. The van der Waals surface area contributed by atoms with E-state index >= 15 is 0 Å². The predicted octanol–water partition coefficient (Wildman–Crippen LogP) is 3.98. The molecule has 1 aromatic heterocycles. The summed E-state index contributed by atoms with van der Waals surface area (Å²) in [5.41, 5.74) is 0.853. The number of hydrogen-bond donors (Lipinski definition) is 0. The smallest absolute Gasteiger partial charge is 0.332 e. The van der Waals surface area contributed by atoms with Gasteiger partial charge in [0.2, 0.25) is 5.91 Å². The highest BCUT2D eigenvalue weighted by atomic mass is 19.4. The number of aryl methyl sites for hydroxylation is 1. The van der Waals surface area contributed by atoms with E-state index in [2.05, 4.69) is 9.97 Å². The van der Waals surface area contributed by atoms with Crippen LogP contribution in [0.3, 0.4) is 0 Å². The number of nitrogens with zero attached hydrogens (tertiary/aromatic N) is 4. The van der Waals surface area contributed by atoms with Crippen molar-refractivity contribution in [3.05, 3.63) is 95.6 Å². The van der Waals surface area contributed by atoms with Crippen molar-refractivity contribution in [1.82, 2.24) is 19.8 Å². The normalized spacial score (nSPS) is 16.6. The van der Waals surface area contributed by atoms with Crippen LogP contribution in [-0.2, 0) is 23.9 Å². The fourth-order valence-corrected chi connectivity index (χ4v) is 4.09. The van der Waals surface area contributed by atoms with Gasteiger partial charge >= 0.3 is 6.18 Å². The van der Waals surface area contributed by atoms with Crippen LogP contribution in [0, 0.1) is 0 Å². The summed E-state index contributed by atoms with van der Waals surface area (Å²) in [7, 11) is 0. The first-order valence-corrected chi connectivity index (χ1v) is 10.9. The Kier molecular flexibility index (Phi) is 6.90. The van der Waals surface area contributed by atoms with Gasteiger partial charge in [-0.15, -0.1) is 0 Å². The number of hydrogen-bond acceptors (Lipinski definition) is 4. The lowest BCUT2D eigenvalue weighted by Crippen LogP contribution is -2.57. The van der Waals surface area contributed by atoms with Crippen molar-refractivity contribution < 1.29 is 22.8 Å². The summed E-state index contributed by atoms with van der Waals surface area (Å²) in [6.45, 7) is 0.124. The van der Waals surface area contributed by atoms with Gasteiger partial charge in [-0.05, 0) is 36.1 Å². The first-order valence-electron chi connectivity index (χ1n) is 10.9. The third-order valence-electron chi connectivity index (χ3n) is 5.80. The van der Waals surface area contributed by atoms with Crippen LogP contribution in [0.15, 0.2) is 73.2 Å². The molecule has 1 aliphatic heterocycles. The average Bonchev–Trinajstić information content (AvgIpc) is 2.84. The molecule has 34 heavy (non-hydrogen) atoms. The van der Waals surface area contributed by atoms with E-state index in [0.717, 1.165) is 17.7 Å². The van der Waals surface area contributed by atoms with Crippen LogP contribution in [0.4, 0.5) is 13.2 Å². The lowest BCUT2D eigenvalue weighted by molar-refractivity contribution is -0.139. The zero-order valence-electron chi connectivity index (χ0n) is 18.3. The van der Waals surface area contributed by atoms with Gasteiger partial charge in [-0.1, -0.05) is 42.5 Å². The third kappa shape index (κ3) is 5.59. The molecule has 0 spiro atoms. The van der Waals surface area contributed by atoms with Gasteiger partial charge < -0.3 is 9.80 Å². The van der Waals surface area contributed by atoms with E-state index in [9.17, 15) is 22.8 Å². The van der Waals surface area contributed by atoms with Crippen LogP contribution < -0.4 is 0 Å². The number of aromatic nitrogens is 2. The standard InChI is InChI=1S/C25H23F3N4O2/c26-25(27,28)20-8-4-7-19(13-20)15-32-21(10-9-18-5-2-1-3-6-18)16-31(17-23(32)33)24(34)22-14-29-11-12-30-22/h1-8,11-14,21H,9-10,15-17H2/t21-/m0/s1. The molecule has 1 aliphatic rings. The second-order valence-corrected chi connectivity index (χ2v) is 8.17. The molecule has 2 aromatic carbocycles. The molecular weight excluding hydrogens is 445 g/mol. The monoisotopic (exact) mass is 468 g/mol. The summed E-state index contributed by atoms with van der Waals surface area (Å²) >= 11 is 0. The molecule has 0 unspecified atom stereocenters. The molecule has 2 amide bonds. The lowest BCUT2D eigenvalue weighted by Gasteiger charge is -2.41. The number of amides is 2. The van der Waals surface area contributed by atoms with Crippen LogP contribution in [0.25, 0.3) is 0 Å². The van der Waals surface area contributed by atoms with Crippen molar-refractivity contribution in [3.8, 4) is 0 Å². The molecule has 4 rings (SSSR count). The van der Waals surface area contributed by atoms with Gasteiger partial charge in [0.1, 0.15) is 12.2 Å².